The van der Waals surface area contributed by atoms with Crippen molar-refractivity contribution in [3.05, 3.63) is 71.4 Å². The Morgan fingerprint density at radius 2 is 1.86 bits per heavy atom. The summed E-state index contributed by atoms with van der Waals surface area (Å²) in [4.78, 5) is 39.4. The van der Waals surface area contributed by atoms with Gasteiger partial charge in [0, 0.05) is 57.2 Å². The molecule has 3 atom stereocenters. The van der Waals surface area contributed by atoms with E-state index < -0.39 is 28.9 Å². The molecule has 1 aliphatic heterocycles. The molecule has 1 aromatic heterocycles. The minimum atomic E-state index is -4.77. The zero-order valence-corrected chi connectivity index (χ0v) is 28.7. The lowest BCUT2D eigenvalue weighted by atomic mass is 9.62. The number of fused-ring (bicyclic) bond motifs is 2. The summed E-state index contributed by atoms with van der Waals surface area (Å²) in [6.07, 6.45) is 3.64. The number of carbonyl (C=O) groups is 2. The number of benzene rings is 2. The number of aromatic nitrogens is 2. The molecule has 3 aromatic rings. The molecule has 2 bridgehead atoms. The molecule has 2 amide bonds. The normalized spacial score (nSPS) is 22.5. The van der Waals surface area contributed by atoms with Crippen LogP contribution in [0.1, 0.15) is 47.2 Å². The third-order valence-electron chi connectivity index (χ3n) is 10.2. The van der Waals surface area contributed by atoms with Crippen LogP contribution in [0.3, 0.4) is 0 Å². The smallest absolute Gasteiger partial charge is 0.421 e. The van der Waals surface area contributed by atoms with Crippen molar-refractivity contribution in [2.24, 2.45) is 11.3 Å². The summed E-state index contributed by atoms with van der Waals surface area (Å²) in [5.74, 6) is -0.496. The minimum Gasteiger partial charge on any atom is -0.494 e. The van der Waals surface area contributed by atoms with Crippen LogP contribution in [0.4, 0.5) is 42.0 Å². The van der Waals surface area contributed by atoms with E-state index in [1.165, 1.54) is 20.2 Å². The van der Waals surface area contributed by atoms with Gasteiger partial charge in [-0.25, -0.2) is 4.98 Å². The third kappa shape index (κ3) is 7.26. The fourth-order valence-electron chi connectivity index (χ4n) is 7.36. The zero-order valence-electron chi connectivity index (χ0n) is 28.7. The number of nitrogens with one attached hydrogen (secondary N) is 4. The highest BCUT2D eigenvalue weighted by atomic mass is 19.4. The molecule has 0 spiro atoms. The topological polar surface area (TPSA) is 124 Å². The number of hydrogen-bond acceptors (Lipinski definition) is 9. The summed E-state index contributed by atoms with van der Waals surface area (Å²) < 4.78 is 47.8. The third-order valence-corrected chi connectivity index (χ3v) is 10.2. The molecule has 2 heterocycles. The molecular weight excluding hydrogens is 649 g/mol. The first-order valence-electron chi connectivity index (χ1n) is 16.8. The number of amides is 2. The predicted molar refractivity (Wildman–Crippen MR) is 186 cm³/mol. The number of alkyl halides is 3. The number of likely N-dealkylation sites (N-methyl/N-ethyl adjacent to an activating group) is 1. The van der Waals surface area contributed by atoms with Crippen molar-refractivity contribution in [1.82, 2.24) is 25.1 Å². The molecule has 50 heavy (non-hydrogen) atoms. The molecule has 14 heteroatoms. The van der Waals surface area contributed by atoms with Crippen molar-refractivity contribution >= 4 is 40.6 Å². The highest BCUT2D eigenvalue weighted by molar-refractivity contribution is 6.01. The van der Waals surface area contributed by atoms with Gasteiger partial charge in [-0.05, 0) is 69.3 Å². The van der Waals surface area contributed by atoms with Crippen molar-refractivity contribution in [2.75, 3.05) is 63.3 Å². The molecule has 1 saturated carbocycles. The van der Waals surface area contributed by atoms with Gasteiger partial charge < -0.3 is 30.9 Å². The average molecular weight is 693 g/mol. The maximum absolute atomic E-state index is 14.1. The summed E-state index contributed by atoms with van der Waals surface area (Å²) in [5, 5.41) is 11.3. The summed E-state index contributed by atoms with van der Waals surface area (Å²) in [6.45, 7) is 5.89. The van der Waals surface area contributed by atoms with Gasteiger partial charge in [-0.3, -0.25) is 14.5 Å². The SMILES string of the molecule is CNC(=O)c1cccc(C)c1Nc1nc(Nc2ccc(NC(=O)C34CC=CC(C3)C(N3CCN(C)CC3)CC4)cc2OC)ncc1C(F)(F)F. The number of hydrogen-bond donors (Lipinski definition) is 4. The van der Waals surface area contributed by atoms with E-state index in [4.69, 9.17) is 4.74 Å². The first kappa shape index (κ1) is 35.1. The van der Waals surface area contributed by atoms with Crippen molar-refractivity contribution in [3.63, 3.8) is 0 Å². The van der Waals surface area contributed by atoms with Crippen molar-refractivity contribution in [2.45, 2.75) is 44.8 Å². The van der Waals surface area contributed by atoms with Crippen LogP contribution in [0.15, 0.2) is 54.7 Å². The Hall–Kier alpha value is -4.69. The minimum absolute atomic E-state index is 0.0273. The lowest BCUT2D eigenvalue weighted by molar-refractivity contribution is -0.137. The number of methoxy groups -OCH3 is 1. The number of ether oxygens (including phenoxy) is 1. The van der Waals surface area contributed by atoms with E-state index in [-0.39, 0.29) is 23.1 Å². The van der Waals surface area contributed by atoms with Crippen LogP contribution in [-0.4, -0.2) is 85.0 Å². The summed E-state index contributed by atoms with van der Waals surface area (Å²) in [5.41, 5.74) is 0.228. The molecule has 1 saturated heterocycles. The number of para-hydroxylation sites is 1. The fourth-order valence-corrected chi connectivity index (χ4v) is 7.36. The number of aryl methyl sites for hydroxylation is 1. The molecule has 3 unspecified atom stereocenters. The van der Waals surface area contributed by atoms with E-state index in [0.717, 1.165) is 45.4 Å². The van der Waals surface area contributed by atoms with E-state index in [2.05, 4.69) is 60.2 Å². The second-order valence-electron chi connectivity index (χ2n) is 13.4. The maximum atomic E-state index is 14.1. The average Bonchev–Trinajstić information content (AvgIpc) is 3.09. The van der Waals surface area contributed by atoms with Crippen LogP contribution in [-0.2, 0) is 11.0 Å². The monoisotopic (exact) mass is 692 g/mol. The number of halogens is 3. The van der Waals surface area contributed by atoms with Gasteiger partial charge in [0.15, 0.2) is 0 Å². The number of nitrogens with zero attached hydrogens (tertiary/aromatic N) is 4. The van der Waals surface area contributed by atoms with Crippen LogP contribution in [0, 0.1) is 18.3 Å². The highest BCUT2D eigenvalue weighted by Gasteiger charge is 2.48. The second kappa shape index (κ2) is 14.3. The molecule has 0 radical (unpaired) electrons. The largest absolute Gasteiger partial charge is 0.494 e. The maximum Gasteiger partial charge on any atom is 0.421 e. The van der Waals surface area contributed by atoms with Gasteiger partial charge in [0.2, 0.25) is 11.9 Å². The molecular formula is C36H43F3N8O3. The number of piperazine rings is 1. The molecule has 11 nitrogen and oxygen atoms in total. The quantitative estimate of drug-likeness (QED) is 0.201. The van der Waals surface area contributed by atoms with Crippen molar-refractivity contribution in [1.29, 1.82) is 0 Å². The Balaban J connectivity index is 1.19. The van der Waals surface area contributed by atoms with E-state index >= 15 is 0 Å². The number of allylic oxidation sites excluding steroid dienone is 1. The van der Waals surface area contributed by atoms with Crippen LogP contribution in [0.2, 0.25) is 0 Å². The van der Waals surface area contributed by atoms with Gasteiger partial charge in [0.05, 0.1) is 29.5 Å². The Bertz CT molecular complexity index is 1780. The first-order chi connectivity index (χ1) is 23.9. The van der Waals surface area contributed by atoms with Crippen molar-refractivity contribution in [3.8, 4) is 5.75 Å². The van der Waals surface area contributed by atoms with E-state index in [1.807, 2.05) is 0 Å². The Morgan fingerprint density at radius 3 is 2.58 bits per heavy atom. The number of carbonyl (C=O) groups excluding carboxylic acids is 2. The molecule has 2 aromatic carbocycles. The number of rotatable bonds is 9. The lowest BCUT2D eigenvalue weighted by Crippen LogP contribution is -2.55. The summed E-state index contributed by atoms with van der Waals surface area (Å²) >= 11 is 0. The van der Waals surface area contributed by atoms with Gasteiger partial charge in [-0.1, -0.05) is 24.3 Å². The predicted octanol–water partition coefficient (Wildman–Crippen LogP) is 5.96. The van der Waals surface area contributed by atoms with Crippen LogP contribution < -0.4 is 26.0 Å². The highest BCUT2D eigenvalue weighted by Crippen LogP contribution is 2.48. The molecule has 2 aliphatic carbocycles. The van der Waals surface area contributed by atoms with Gasteiger partial charge in [0.25, 0.3) is 5.91 Å². The zero-order chi connectivity index (χ0) is 35.6. The Labute approximate surface area is 289 Å². The summed E-state index contributed by atoms with van der Waals surface area (Å²) in [7, 11) is 5.05. The van der Waals surface area contributed by atoms with Crippen LogP contribution in [0.5, 0.6) is 5.75 Å². The number of anilines is 5. The van der Waals surface area contributed by atoms with Gasteiger partial charge in [0.1, 0.15) is 17.1 Å². The molecule has 266 valence electrons. The second-order valence-corrected chi connectivity index (χ2v) is 13.4. The molecule has 6 rings (SSSR count). The molecule has 3 aliphatic rings. The van der Waals surface area contributed by atoms with Crippen LogP contribution >= 0.6 is 0 Å². The first-order valence-corrected chi connectivity index (χ1v) is 16.8. The van der Waals surface area contributed by atoms with E-state index in [9.17, 15) is 22.8 Å². The van der Waals surface area contributed by atoms with Crippen molar-refractivity contribution < 1.29 is 27.5 Å². The molecule has 2 fully saturated rings. The Kier molecular flexibility index (Phi) is 10.0. The lowest BCUT2D eigenvalue weighted by Gasteiger charge is -2.49. The fraction of sp³-hybridized carbons (Fsp3) is 0.444. The summed E-state index contributed by atoms with van der Waals surface area (Å²) in [6, 6.07) is 10.3. The van der Waals surface area contributed by atoms with E-state index in [0.29, 0.717) is 47.3 Å². The molecule has 4 N–H and O–H groups in total. The van der Waals surface area contributed by atoms with E-state index in [1.54, 1.807) is 37.3 Å². The van der Waals surface area contributed by atoms with Crippen LogP contribution in [0.25, 0.3) is 0 Å². The van der Waals surface area contributed by atoms with Gasteiger partial charge >= 0.3 is 6.18 Å². The van der Waals surface area contributed by atoms with Gasteiger partial charge in [-0.15, -0.1) is 0 Å². The Morgan fingerprint density at radius 1 is 1.08 bits per heavy atom. The standard InChI is InChI=1S/C36H43F3N8O3/c1-22-7-5-9-25(32(48)40-2)30(22)44-31-26(36(37,38)39)21-41-34(45-31)43-27-11-10-24(19-29(27)50-4)42-33(49)35-13-6-8-23(20-35)28(12-14-35)47-17-15-46(3)16-18-47/h5-11,19,21,23,28H,12-18,20H2,1-4H3,(H,40,48)(H,42,49)(H2,41,43,44,45). The van der Waals surface area contributed by atoms with Gasteiger partial charge in [-0.2, -0.15) is 18.2 Å².